The van der Waals surface area contributed by atoms with Crippen LogP contribution in [0, 0.1) is 6.92 Å². The van der Waals surface area contributed by atoms with Crippen LogP contribution in [0.1, 0.15) is 22.7 Å². The highest BCUT2D eigenvalue weighted by Crippen LogP contribution is 2.31. The molecule has 0 amide bonds. The van der Waals surface area contributed by atoms with E-state index < -0.39 is 0 Å². The molecule has 2 rings (SSSR count). The number of benzene rings is 2. The van der Waals surface area contributed by atoms with Gasteiger partial charge >= 0.3 is 0 Å². The summed E-state index contributed by atoms with van der Waals surface area (Å²) in [5.41, 5.74) is 3.62. The molecule has 7 heteroatoms. The number of hydrogen-bond acceptors (Lipinski definition) is 4. The zero-order valence-corrected chi connectivity index (χ0v) is 20.5. The summed E-state index contributed by atoms with van der Waals surface area (Å²) < 4.78 is 10.8. The zero-order valence-electron chi connectivity index (χ0n) is 18.2. The van der Waals surface area contributed by atoms with Crippen LogP contribution in [0.4, 0.5) is 0 Å². The third kappa shape index (κ3) is 7.40. The molecule has 2 aromatic rings. The first kappa shape index (κ1) is 25.0. The number of methoxy groups -OCH3 is 2. The number of nitrogens with one attached hydrogen (secondary N) is 2. The number of rotatable bonds is 8. The van der Waals surface area contributed by atoms with Gasteiger partial charge in [-0.3, -0.25) is 4.99 Å². The lowest BCUT2D eigenvalue weighted by Gasteiger charge is -2.26. The van der Waals surface area contributed by atoms with E-state index in [0.717, 1.165) is 29.6 Å². The zero-order chi connectivity index (χ0) is 20.5. The van der Waals surface area contributed by atoms with Gasteiger partial charge in [-0.15, -0.1) is 24.0 Å². The predicted octanol–water partition coefficient (Wildman–Crippen LogP) is 3.60. The second kappa shape index (κ2) is 12.5. The molecule has 0 spiro atoms. The lowest BCUT2D eigenvalue weighted by molar-refractivity contribution is 0.295. The van der Waals surface area contributed by atoms with Crippen molar-refractivity contribution in [1.82, 2.24) is 15.5 Å². The minimum absolute atomic E-state index is 0. The SMILES string of the molecule is CN=C(NCc1cccc(C)c1)NCC(c1ccc(OC)c(OC)c1)N(C)C.I. The van der Waals surface area contributed by atoms with Crippen LogP contribution in [0.15, 0.2) is 47.5 Å². The minimum atomic E-state index is 0. The molecule has 2 N–H and O–H groups in total. The third-order valence-electron chi connectivity index (χ3n) is 4.64. The van der Waals surface area contributed by atoms with Crippen molar-refractivity contribution in [2.75, 3.05) is 41.9 Å². The van der Waals surface area contributed by atoms with Crippen molar-refractivity contribution < 1.29 is 9.47 Å². The van der Waals surface area contributed by atoms with Crippen LogP contribution in [-0.4, -0.2) is 52.8 Å². The van der Waals surface area contributed by atoms with Crippen LogP contribution in [-0.2, 0) is 6.54 Å². The van der Waals surface area contributed by atoms with Crippen LogP contribution < -0.4 is 20.1 Å². The summed E-state index contributed by atoms with van der Waals surface area (Å²) in [5.74, 6) is 2.23. The molecule has 0 aliphatic heterocycles. The highest BCUT2D eigenvalue weighted by molar-refractivity contribution is 14.0. The average Bonchev–Trinajstić information content (AvgIpc) is 2.70. The number of hydrogen-bond donors (Lipinski definition) is 2. The van der Waals surface area contributed by atoms with Gasteiger partial charge in [-0.2, -0.15) is 0 Å². The van der Waals surface area contributed by atoms with Crippen molar-refractivity contribution in [3.63, 3.8) is 0 Å². The highest BCUT2D eigenvalue weighted by atomic mass is 127. The Balaban J connectivity index is 0.00000420. The van der Waals surface area contributed by atoms with Gasteiger partial charge in [-0.25, -0.2) is 0 Å². The summed E-state index contributed by atoms with van der Waals surface area (Å²) in [4.78, 5) is 6.51. The molecule has 29 heavy (non-hydrogen) atoms. The Kier molecular flexibility index (Phi) is 10.8. The van der Waals surface area contributed by atoms with E-state index in [1.54, 1.807) is 21.3 Å². The minimum Gasteiger partial charge on any atom is -0.493 e. The number of ether oxygens (including phenoxy) is 2. The van der Waals surface area contributed by atoms with Gasteiger partial charge in [-0.1, -0.05) is 35.9 Å². The maximum atomic E-state index is 5.45. The van der Waals surface area contributed by atoms with Gasteiger partial charge in [0.25, 0.3) is 0 Å². The molecule has 0 saturated heterocycles. The molecule has 6 nitrogen and oxygen atoms in total. The topological polar surface area (TPSA) is 58.1 Å². The van der Waals surface area contributed by atoms with Crippen LogP contribution in [0.25, 0.3) is 0 Å². The van der Waals surface area contributed by atoms with Gasteiger partial charge in [0, 0.05) is 20.1 Å². The molecule has 0 saturated carbocycles. The molecule has 1 unspecified atom stereocenters. The quantitative estimate of drug-likeness (QED) is 0.322. The van der Waals surface area contributed by atoms with Crippen molar-refractivity contribution in [1.29, 1.82) is 0 Å². The fraction of sp³-hybridized carbons (Fsp3) is 0.409. The van der Waals surface area contributed by atoms with E-state index in [0.29, 0.717) is 6.54 Å². The number of guanidine groups is 1. The molecule has 0 bridgehead atoms. The van der Waals surface area contributed by atoms with Crippen LogP contribution in [0.2, 0.25) is 0 Å². The summed E-state index contributed by atoms with van der Waals surface area (Å²) in [6, 6.07) is 14.6. The maximum absolute atomic E-state index is 5.45. The number of aliphatic imine (C=N–C) groups is 1. The van der Waals surface area contributed by atoms with Gasteiger partial charge in [0.15, 0.2) is 17.5 Å². The summed E-state index contributed by atoms with van der Waals surface area (Å²) in [6.45, 7) is 3.53. The van der Waals surface area contributed by atoms with Gasteiger partial charge < -0.3 is 25.0 Å². The van der Waals surface area contributed by atoms with Crippen molar-refractivity contribution in [2.24, 2.45) is 4.99 Å². The molecule has 0 heterocycles. The van der Waals surface area contributed by atoms with Crippen molar-refractivity contribution >= 4 is 29.9 Å². The Morgan fingerprint density at radius 2 is 1.76 bits per heavy atom. The first-order valence-corrected chi connectivity index (χ1v) is 9.37. The monoisotopic (exact) mass is 512 g/mol. The van der Waals surface area contributed by atoms with Gasteiger partial charge in [-0.05, 0) is 44.3 Å². The van der Waals surface area contributed by atoms with Crippen molar-refractivity contribution in [2.45, 2.75) is 19.5 Å². The van der Waals surface area contributed by atoms with Crippen molar-refractivity contribution in [3.8, 4) is 11.5 Å². The number of likely N-dealkylation sites (N-methyl/N-ethyl adjacent to an activating group) is 1. The molecule has 2 aromatic carbocycles. The Morgan fingerprint density at radius 3 is 2.34 bits per heavy atom. The first-order valence-electron chi connectivity index (χ1n) is 9.37. The molecule has 0 aromatic heterocycles. The molecule has 0 aliphatic carbocycles. The number of nitrogens with zero attached hydrogens (tertiary/aromatic N) is 2. The second-order valence-electron chi connectivity index (χ2n) is 6.89. The normalized spacial score (nSPS) is 12.2. The van der Waals surface area contributed by atoms with E-state index in [4.69, 9.17) is 9.47 Å². The average molecular weight is 512 g/mol. The Hall–Kier alpha value is -2.00. The Bertz CT molecular complexity index is 796. The van der Waals surface area contributed by atoms with Gasteiger partial charge in [0.1, 0.15) is 0 Å². The van der Waals surface area contributed by atoms with E-state index in [-0.39, 0.29) is 30.0 Å². The molecule has 160 valence electrons. The smallest absolute Gasteiger partial charge is 0.191 e. The summed E-state index contributed by atoms with van der Waals surface area (Å²) in [7, 11) is 9.21. The molecule has 0 radical (unpaired) electrons. The number of aryl methyl sites for hydroxylation is 1. The molecular weight excluding hydrogens is 479 g/mol. The lowest BCUT2D eigenvalue weighted by Crippen LogP contribution is -2.41. The second-order valence-corrected chi connectivity index (χ2v) is 6.89. The van der Waals surface area contributed by atoms with E-state index in [9.17, 15) is 0 Å². The van der Waals surface area contributed by atoms with Gasteiger partial charge in [0.2, 0.25) is 0 Å². The van der Waals surface area contributed by atoms with Crippen LogP contribution in [0.5, 0.6) is 11.5 Å². The number of halogens is 1. The van der Waals surface area contributed by atoms with E-state index in [1.165, 1.54) is 11.1 Å². The summed E-state index contributed by atoms with van der Waals surface area (Å²) in [5, 5.41) is 6.80. The molecule has 0 fully saturated rings. The first-order chi connectivity index (χ1) is 13.5. The standard InChI is InChI=1S/C22H32N4O2.HI/c1-16-8-7-9-17(12-16)14-24-22(23-2)25-15-19(26(3)4)18-10-11-20(27-5)21(13-18)28-6;/h7-13,19H,14-15H2,1-6H3,(H2,23,24,25);1H. The largest absolute Gasteiger partial charge is 0.493 e. The fourth-order valence-corrected chi connectivity index (χ4v) is 3.08. The summed E-state index contributed by atoms with van der Waals surface area (Å²) in [6.07, 6.45) is 0. The van der Waals surface area contributed by atoms with Gasteiger partial charge in [0.05, 0.1) is 20.3 Å². The fourth-order valence-electron chi connectivity index (χ4n) is 3.08. The molecular formula is C22H33IN4O2. The summed E-state index contributed by atoms with van der Waals surface area (Å²) >= 11 is 0. The Morgan fingerprint density at radius 1 is 1.03 bits per heavy atom. The van der Waals surface area contributed by atoms with E-state index in [1.807, 2.05) is 12.1 Å². The predicted molar refractivity (Wildman–Crippen MR) is 131 cm³/mol. The maximum Gasteiger partial charge on any atom is 0.191 e. The lowest BCUT2D eigenvalue weighted by atomic mass is 10.1. The molecule has 0 aliphatic rings. The third-order valence-corrected chi connectivity index (χ3v) is 4.64. The van der Waals surface area contributed by atoms with E-state index in [2.05, 4.69) is 71.9 Å². The Labute approximate surface area is 191 Å². The van der Waals surface area contributed by atoms with Crippen molar-refractivity contribution in [3.05, 3.63) is 59.2 Å². The van der Waals surface area contributed by atoms with Crippen LogP contribution >= 0.6 is 24.0 Å². The highest BCUT2D eigenvalue weighted by Gasteiger charge is 2.17. The van der Waals surface area contributed by atoms with Crippen LogP contribution in [0.3, 0.4) is 0 Å². The van der Waals surface area contributed by atoms with E-state index >= 15 is 0 Å². The molecule has 1 atom stereocenters.